The molecule has 2 rings (SSSR count). The molecule has 0 aliphatic carbocycles. The monoisotopic (exact) mass is 316 g/mol. The zero-order chi connectivity index (χ0) is 15.6. The highest BCUT2D eigenvalue weighted by atomic mass is 32.2. The number of aromatic nitrogens is 2. The molecule has 116 valence electrons. The van der Waals surface area contributed by atoms with E-state index in [-0.39, 0.29) is 23.3 Å². The van der Waals surface area contributed by atoms with Crippen LogP contribution in [0.5, 0.6) is 0 Å². The number of hydrogen-bond donors (Lipinski definition) is 3. The number of anilines is 1. The molecule has 1 aromatic rings. The van der Waals surface area contributed by atoms with Crippen molar-refractivity contribution >= 4 is 27.7 Å². The molecule has 1 aliphatic rings. The average molecular weight is 316 g/mol. The van der Waals surface area contributed by atoms with Gasteiger partial charge in [0.1, 0.15) is 5.69 Å². The molecule has 0 radical (unpaired) electrons. The van der Waals surface area contributed by atoms with E-state index in [0.717, 1.165) is 6.26 Å². The molecule has 3 N–H and O–H groups in total. The van der Waals surface area contributed by atoms with E-state index in [0.29, 0.717) is 25.9 Å². The van der Waals surface area contributed by atoms with Gasteiger partial charge in [-0.2, -0.15) is 5.10 Å². The maximum Gasteiger partial charge on any atom is 0.353 e. The molecular formula is C11H16N4O5S. The molecular weight excluding hydrogens is 300 g/mol. The number of amides is 1. The summed E-state index contributed by atoms with van der Waals surface area (Å²) in [5.74, 6) is -1.62. The van der Waals surface area contributed by atoms with Gasteiger partial charge in [-0.05, 0) is 12.8 Å². The van der Waals surface area contributed by atoms with Gasteiger partial charge in [0, 0.05) is 25.1 Å². The Bertz CT molecular complexity index is 645. The molecule has 1 aliphatic heterocycles. The van der Waals surface area contributed by atoms with Crippen molar-refractivity contribution in [1.29, 1.82) is 0 Å². The van der Waals surface area contributed by atoms with Crippen LogP contribution in [0, 0.1) is 5.92 Å². The molecule has 0 aromatic carbocycles. The number of hydrogen-bond acceptors (Lipinski definition) is 5. The van der Waals surface area contributed by atoms with Gasteiger partial charge in [0.2, 0.25) is 15.9 Å². The molecule has 10 heteroatoms. The summed E-state index contributed by atoms with van der Waals surface area (Å²) in [6.07, 6.45) is 1.99. The van der Waals surface area contributed by atoms with Crippen LogP contribution in [0.3, 0.4) is 0 Å². The zero-order valence-corrected chi connectivity index (χ0v) is 12.2. The maximum atomic E-state index is 12.0. The molecule has 2 heterocycles. The predicted molar refractivity (Wildman–Crippen MR) is 73.3 cm³/mol. The maximum absolute atomic E-state index is 12.0. The summed E-state index contributed by atoms with van der Waals surface area (Å²) < 4.78 is 24.1. The topological polar surface area (TPSA) is 132 Å². The fourth-order valence-corrected chi connectivity index (χ4v) is 3.05. The summed E-state index contributed by atoms with van der Waals surface area (Å²) in [5, 5.41) is 17.2. The van der Waals surface area contributed by atoms with Crippen LogP contribution in [0.15, 0.2) is 6.07 Å². The van der Waals surface area contributed by atoms with E-state index >= 15 is 0 Å². The van der Waals surface area contributed by atoms with Crippen LogP contribution < -0.4 is 5.32 Å². The fourth-order valence-electron chi connectivity index (χ4n) is 2.17. The Kier molecular flexibility index (Phi) is 4.28. The normalized spacial score (nSPS) is 17.6. The third kappa shape index (κ3) is 3.79. The van der Waals surface area contributed by atoms with Crippen molar-refractivity contribution in [3.8, 4) is 0 Å². The summed E-state index contributed by atoms with van der Waals surface area (Å²) in [6, 6.07) is 1.23. The van der Waals surface area contributed by atoms with Crippen LogP contribution in [-0.4, -0.2) is 59.2 Å². The number of sulfonamides is 1. The molecule has 0 bridgehead atoms. The summed E-state index contributed by atoms with van der Waals surface area (Å²) in [5.41, 5.74) is -0.114. The number of piperidine rings is 1. The van der Waals surface area contributed by atoms with Crippen LogP contribution in [0.25, 0.3) is 0 Å². The Morgan fingerprint density at radius 1 is 1.43 bits per heavy atom. The van der Waals surface area contributed by atoms with Crippen molar-refractivity contribution in [1.82, 2.24) is 14.5 Å². The lowest BCUT2D eigenvalue weighted by Crippen LogP contribution is -2.40. The first-order chi connectivity index (χ1) is 9.77. The minimum Gasteiger partial charge on any atom is -0.477 e. The van der Waals surface area contributed by atoms with Crippen molar-refractivity contribution in [2.24, 2.45) is 5.92 Å². The molecule has 0 atom stereocenters. The second kappa shape index (κ2) is 5.82. The average Bonchev–Trinajstić information content (AvgIpc) is 2.86. The lowest BCUT2D eigenvalue weighted by molar-refractivity contribution is -0.120. The minimum atomic E-state index is -3.22. The summed E-state index contributed by atoms with van der Waals surface area (Å²) in [6.45, 7) is 0.607. The minimum absolute atomic E-state index is 0.114. The standard InChI is InChI=1S/C11H16N4O5S/c1-21(19,20)15-4-2-7(3-5-15)10(16)12-9-6-8(11(17)18)13-14-9/h6-7H,2-5H2,1H3,(H,17,18)(H2,12,13,14,16). The number of H-pyrrole nitrogens is 1. The number of carboxylic acids is 1. The molecule has 21 heavy (non-hydrogen) atoms. The van der Waals surface area contributed by atoms with Gasteiger partial charge in [-0.3, -0.25) is 9.89 Å². The van der Waals surface area contributed by atoms with Crippen molar-refractivity contribution in [3.05, 3.63) is 11.8 Å². The molecule has 0 spiro atoms. The van der Waals surface area contributed by atoms with E-state index in [4.69, 9.17) is 5.11 Å². The Morgan fingerprint density at radius 2 is 2.05 bits per heavy atom. The van der Waals surface area contributed by atoms with Gasteiger partial charge in [-0.1, -0.05) is 0 Å². The van der Waals surface area contributed by atoms with Crippen molar-refractivity contribution < 1.29 is 23.1 Å². The summed E-state index contributed by atoms with van der Waals surface area (Å²) >= 11 is 0. The number of aromatic carboxylic acids is 1. The largest absolute Gasteiger partial charge is 0.477 e. The SMILES string of the molecule is CS(=O)(=O)N1CCC(C(=O)Nc2cc(C(=O)O)[nH]n2)CC1. The van der Waals surface area contributed by atoms with Crippen LogP contribution in [0.2, 0.25) is 0 Å². The highest BCUT2D eigenvalue weighted by Gasteiger charge is 2.29. The van der Waals surface area contributed by atoms with Crippen LogP contribution in [0.4, 0.5) is 5.82 Å². The van der Waals surface area contributed by atoms with Crippen LogP contribution in [0.1, 0.15) is 23.3 Å². The number of carbonyl (C=O) groups excluding carboxylic acids is 1. The first-order valence-corrected chi connectivity index (χ1v) is 8.17. The van der Waals surface area contributed by atoms with Gasteiger partial charge in [0.25, 0.3) is 0 Å². The highest BCUT2D eigenvalue weighted by Crippen LogP contribution is 2.20. The Morgan fingerprint density at radius 3 is 2.52 bits per heavy atom. The third-order valence-corrected chi connectivity index (χ3v) is 4.66. The molecule has 9 nitrogen and oxygen atoms in total. The second-order valence-corrected chi connectivity index (χ2v) is 6.88. The van der Waals surface area contributed by atoms with Gasteiger partial charge < -0.3 is 10.4 Å². The molecule has 1 amide bonds. The molecule has 0 unspecified atom stereocenters. The van der Waals surface area contributed by atoms with E-state index in [1.54, 1.807) is 0 Å². The lowest BCUT2D eigenvalue weighted by atomic mass is 9.97. The first-order valence-electron chi connectivity index (χ1n) is 6.32. The van der Waals surface area contributed by atoms with E-state index < -0.39 is 16.0 Å². The highest BCUT2D eigenvalue weighted by molar-refractivity contribution is 7.88. The van der Waals surface area contributed by atoms with Crippen LogP contribution in [-0.2, 0) is 14.8 Å². The Labute approximate surface area is 121 Å². The quantitative estimate of drug-likeness (QED) is 0.699. The number of carbonyl (C=O) groups is 2. The third-order valence-electron chi connectivity index (χ3n) is 3.35. The fraction of sp³-hybridized carbons (Fsp3) is 0.545. The van der Waals surface area contributed by atoms with Gasteiger partial charge in [0.15, 0.2) is 5.82 Å². The number of rotatable bonds is 4. The van der Waals surface area contributed by atoms with E-state index in [1.807, 2.05) is 0 Å². The number of nitrogens with one attached hydrogen (secondary N) is 2. The van der Waals surface area contributed by atoms with Gasteiger partial charge in [-0.15, -0.1) is 0 Å². The van der Waals surface area contributed by atoms with Gasteiger partial charge in [-0.25, -0.2) is 17.5 Å². The first kappa shape index (κ1) is 15.4. The number of nitrogens with zero attached hydrogens (tertiary/aromatic N) is 2. The van der Waals surface area contributed by atoms with Crippen molar-refractivity contribution in [2.75, 3.05) is 24.7 Å². The Balaban J connectivity index is 1.91. The zero-order valence-electron chi connectivity index (χ0n) is 11.4. The van der Waals surface area contributed by atoms with E-state index in [9.17, 15) is 18.0 Å². The van der Waals surface area contributed by atoms with E-state index in [2.05, 4.69) is 15.5 Å². The molecule has 1 fully saturated rings. The summed E-state index contributed by atoms with van der Waals surface area (Å²) in [7, 11) is -3.22. The number of carboxylic acid groups (broad SMARTS) is 1. The smallest absolute Gasteiger partial charge is 0.353 e. The van der Waals surface area contributed by atoms with Gasteiger partial charge in [0.05, 0.1) is 6.26 Å². The second-order valence-electron chi connectivity index (χ2n) is 4.90. The molecule has 1 saturated heterocycles. The van der Waals surface area contributed by atoms with E-state index in [1.165, 1.54) is 10.4 Å². The van der Waals surface area contributed by atoms with Crippen molar-refractivity contribution in [3.63, 3.8) is 0 Å². The Hall–Kier alpha value is -1.94. The van der Waals surface area contributed by atoms with Crippen molar-refractivity contribution in [2.45, 2.75) is 12.8 Å². The van der Waals surface area contributed by atoms with Gasteiger partial charge >= 0.3 is 5.97 Å². The lowest BCUT2D eigenvalue weighted by Gasteiger charge is -2.29. The molecule has 0 saturated carbocycles. The molecule has 1 aromatic heterocycles. The predicted octanol–water partition coefficient (Wildman–Crippen LogP) is -0.282. The van der Waals surface area contributed by atoms with Crippen LogP contribution >= 0.6 is 0 Å². The summed E-state index contributed by atoms with van der Waals surface area (Å²) in [4.78, 5) is 22.7. The number of aromatic amines is 1.